The van der Waals surface area contributed by atoms with Crippen LogP contribution in [0.4, 0.5) is 0 Å². The third-order valence-electron chi connectivity index (χ3n) is 3.58. The molecule has 1 atom stereocenters. The van der Waals surface area contributed by atoms with Crippen molar-refractivity contribution < 1.29 is 0 Å². The molecule has 18 heavy (non-hydrogen) atoms. The van der Waals surface area contributed by atoms with E-state index in [1.54, 1.807) is 0 Å². The van der Waals surface area contributed by atoms with E-state index in [0.717, 1.165) is 6.54 Å². The summed E-state index contributed by atoms with van der Waals surface area (Å²) in [5.41, 5.74) is 4.30. The summed E-state index contributed by atoms with van der Waals surface area (Å²) in [6.07, 6.45) is 2.39. The van der Waals surface area contributed by atoms with Gasteiger partial charge in [-0.25, -0.2) is 0 Å². The Kier molecular flexibility index (Phi) is 3.48. The van der Waals surface area contributed by atoms with Crippen LogP contribution in [0.15, 0.2) is 53.0 Å². The van der Waals surface area contributed by atoms with Gasteiger partial charge in [-0.3, -0.25) is 0 Å². The van der Waals surface area contributed by atoms with Crippen LogP contribution in [0, 0.1) is 0 Å². The van der Waals surface area contributed by atoms with Crippen LogP contribution in [-0.2, 0) is 13.0 Å². The molecule has 2 aromatic rings. The SMILES string of the molecule is Brc1ccc2c(c1)CCC2NCc1ccccc1. The van der Waals surface area contributed by atoms with E-state index in [2.05, 4.69) is 69.8 Å². The Morgan fingerprint density at radius 1 is 1.11 bits per heavy atom. The highest BCUT2D eigenvalue weighted by Gasteiger charge is 2.21. The standard InChI is InChI=1S/C16H16BrN/c17-14-7-8-15-13(10-14)6-9-16(15)18-11-12-4-2-1-3-5-12/h1-5,7-8,10,16,18H,6,9,11H2. The molecule has 1 nitrogen and oxygen atoms in total. The molecule has 0 saturated carbocycles. The molecule has 0 radical (unpaired) electrons. The zero-order chi connectivity index (χ0) is 12.4. The number of rotatable bonds is 3. The van der Waals surface area contributed by atoms with Crippen molar-refractivity contribution in [1.29, 1.82) is 0 Å². The highest BCUT2D eigenvalue weighted by atomic mass is 79.9. The maximum absolute atomic E-state index is 3.66. The highest BCUT2D eigenvalue weighted by Crippen LogP contribution is 2.33. The predicted octanol–water partition coefficient (Wildman–Crippen LogP) is 4.23. The molecule has 1 N–H and O–H groups in total. The lowest BCUT2D eigenvalue weighted by Gasteiger charge is -2.14. The van der Waals surface area contributed by atoms with Crippen molar-refractivity contribution in [2.45, 2.75) is 25.4 Å². The Morgan fingerprint density at radius 3 is 2.78 bits per heavy atom. The van der Waals surface area contributed by atoms with E-state index >= 15 is 0 Å². The Labute approximate surface area is 116 Å². The first-order valence-corrected chi connectivity index (χ1v) is 7.18. The summed E-state index contributed by atoms with van der Waals surface area (Å²) < 4.78 is 1.19. The molecule has 2 heteroatoms. The summed E-state index contributed by atoms with van der Waals surface area (Å²) in [6, 6.07) is 17.7. The molecule has 0 fully saturated rings. The van der Waals surface area contributed by atoms with Crippen LogP contribution < -0.4 is 5.32 Å². The number of nitrogens with one attached hydrogen (secondary N) is 1. The minimum absolute atomic E-state index is 0.508. The van der Waals surface area contributed by atoms with Crippen LogP contribution in [0.2, 0.25) is 0 Å². The van der Waals surface area contributed by atoms with Crippen LogP contribution in [-0.4, -0.2) is 0 Å². The molecule has 92 valence electrons. The Morgan fingerprint density at radius 2 is 1.94 bits per heavy atom. The zero-order valence-corrected chi connectivity index (χ0v) is 11.8. The lowest BCUT2D eigenvalue weighted by molar-refractivity contribution is 0.530. The minimum Gasteiger partial charge on any atom is -0.306 e. The van der Waals surface area contributed by atoms with E-state index in [1.807, 2.05) is 0 Å². The lowest BCUT2D eigenvalue weighted by atomic mass is 10.1. The van der Waals surface area contributed by atoms with Crippen molar-refractivity contribution in [3.05, 3.63) is 69.7 Å². The topological polar surface area (TPSA) is 12.0 Å². The maximum atomic E-state index is 3.66. The quantitative estimate of drug-likeness (QED) is 0.895. The van der Waals surface area contributed by atoms with E-state index < -0.39 is 0 Å². The van der Waals surface area contributed by atoms with Crippen molar-refractivity contribution in [2.75, 3.05) is 0 Å². The van der Waals surface area contributed by atoms with Crippen LogP contribution in [0.1, 0.15) is 29.2 Å². The molecule has 1 unspecified atom stereocenters. The van der Waals surface area contributed by atoms with E-state index in [4.69, 9.17) is 0 Å². The summed E-state index contributed by atoms with van der Waals surface area (Å²) in [5.74, 6) is 0. The number of hydrogen-bond donors (Lipinski definition) is 1. The molecule has 0 saturated heterocycles. The van der Waals surface area contributed by atoms with Crippen LogP contribution in [0.25, 0.3) is 0 Å². The molecule has 0 spiro atoms. The molecule has 0 bridgehead atoms. The van der Waals surface area contributed by atoms with Crippen molar-refractivity contribution in [2.24, 2.45) is 0 Å². The number of halogens is 1. The first-order valence-electron chi connectivity index (χ1n) is 6.38. The van der Waals surface area contributed by atoms with Gasteiger partial charge in [0.05, 0.1) is 0 Å². The number of hydrogen-bond acceptors (Lipinski definition) is 1. The summed E-state index contributed by atoms with van der Waals surface area (Å²) in [6.45, 7) is 0.945. The summed E-state index contributed by atoms with van der Waals surface area (Å²) >= 11 is 3.54. The third-order valence-corrected chi connectivity index (χ3v) is 4.07. The van der Waals surface area contributed by atoms with Gasteiger partial charge in [0.2, 0.25) is 0 Å². The van der Waals surface area contributed by atoms with Gasteiger partial charge in [0, 0.05) is 17.1 Å². The van der Waals surface area contributed by atoms with Gasteiger partial charge in [-0.15, -0.1) is 0 Å². The van der Waals surface area contributed by atoms with Gasteiger partial charge in [0.15, 0.2) is 0 Å². The maximum Gasteiger partial charge on any atom is 0.0329 e. The van der Waals surface area contributed by atoms with E-state index in [1.165, 1.54) is 34.0 Å². The Balaban J connectivity index is 1.70. The third kappa shape index (κ3) is 2.50. The second kappa shape index (κ2) is 5.25. The van der Waals surface area contributed by atoms with Gasteiger partial charge in [-0.05, 0) is 41.7 Å². The number of fused-ring (bicyclic) bond motifs is 1. The monoisotopic (exact) mass is 301 g/mol. The molecule has 1 aliphatic carbocycles. The predicted molar refractivity (Wildman–Crippen MR) is 78.5 cm³/mol. The van der Waals surface area contributed by atoms with Gasteiger partial charge >= 0.3 is 0 Å². The Hall–Kier alpha value is -1.12. The molecule has 2 aromatic carbocycles. The van der Waals surface area contributed by atoms with Crippen molar-refractivity contribution in [3.63, 3.8) is 0 Å². The second-order valence-electron chi connectivity index (χ2n) is 4.80. The van der Waals surface area contributed by atoms with Crippen LogP contribution in [0.3, 0.4) is 0 Å². The number of aryl methyl sites for hydroxylation is 1. The van der Waals surface area contributed by atoms with E-state index in [9.17, 15) is 0 Å². The molecule has 0 aromatic heterocycles. The smallest absolute Gasteiger partial charge is 0.0329 e. The first kappa shape index (κ1) is 11.9. The van der Waals surface area contributed by atoms with Gasteiger partial charge in [0.1, 0.15) is 0 Å². The highest BCUT2D eigenvalue weighted by molar-refractivity contribution is 9.10. The largest absolute Gasteiger partial charge is 0.306 e. The fourth-order valence-corrected chi connectivity index (χ4v) is 3.04. The first-order chi connectivity index (χ1) is 8.83. The zero-order valence-electron chi connectivity index (χ0n) is 10.2. The van der Waals surface area contributed by atoms with Crippen molar-refractivity contribution in [3.8, 4) is 0 Å². The summed E-state index contributed by atoms with van der Waals surface area (Å²) in [7, 11) is 0. The molecule has 0 amide bonds. The van der Waals surface area contributed by atoms with Crippen LogP contribution >= 0.6 is 15.9 Å². The van der Waals surface area contributed by atoms with Crippen LogP contribution in [0.5, 0.6) is 0 Å². The summed E-state index contributed by atoms with van der Waals surface area (Å²) in [4.78, 5) is 0. The molecule has 0 heterocycles. The molecule has 0 aliphatic heterocycles. The normalized spacial score (nSPS) is 17.7. The van der Waals surface area contributed by atoms with Gasteiger partial charge in [-0.2, -0.15) is 0 Å². The van der Waals surface area contributed by atoms with Crippen molar-refractivity contribution in [1.82, 2.24) is 5.32 Å². The van der Waals surface area contributed by atoms with Crippen molar-refractivity contribution >= 4 is 15.9 Å². The van der Waals surface area contributed by atoms with Gasteiger partial charge < -0.3 is 5.32 Å². The molecule has 1 aliphatic rings. The molecular formula is C16H16BrN. The minimum atomic E-state index is 0.508. The average Bonchev–Trinajstić information content (AvgIpc) is 2.80. The number of benzene rings is 2. The van der Waals surface area contributed by atoms with Gasteiger partial charge in [0.25, 0.3) is 0 Å². The molecule has 3 rings (SSSR count). The fraction of sp³-hybridized carbons (Fsp3) is 0.250. The van der Waals surface area contributed by atoms with E-state index in [0.29, 0.717) is 6.04 Å². The summed E-state index contributed by atoms with van der Waals surface area (Å²) in [5, 5.41) is 3.66. The fourth-order valence-electron chi connectivity index (χ4n) is 2.64. The Bertz CT molecular complexity index is 536. The average molecular weight is 302 g/mol. The molecular weight excluding hydrogens is 286 g/mol. The second-order valence-corrected chi connectivity index (χ2v) is 5.72. The van der Waals surface area contributed by atoms with Gasteiger partial charge in [-0.1, -0.05) is 52.3 Å². The van der Waals surface area contributed by atoms with E-state index in [-0.39, 0.29) is 0 Å². The lowest BCUT2D eigenvalue weighted by Crippen LogP contribution is -2.18.